The van der Waals surface area contributed by atoms with E-state index < -0.39 is 11.9 Å². The predicted molar refractivity (Wildman–Crippen MR) is 67.4 cm³/mol. The minimum Gasteiger partial charge on any atom is -0.463 e. The number of ether oxygens (including phenoxy) is 3. The van der Waals surface area contributed by atoms with E-state index in [9.17, 15) is 4.79 Å². The summed E-state index contributed by atoms with van der Waals surface area (Å²) in [7, 11) is 0.516. The molecule has 5 nitrogen and oxygen atoms in total. The van der Waals surface area contributed by atoms with Crippen molar-refractivity contribution in [2.45, 2.75) is 32.7 Å². The Bertz CT molecular complexity index is 226. The van der Waals surface area contributed by atoms with Gasteiger partial charge in [-0.25, -0.2) is 4.79 Å². The molecule has 0 fully saturated rings. The molecule has 0 unspecified atom stereocenters. The van der Waals surface area contributed by atoms with Gasteiger partial charge in [0.1, 0.15) is 0 Å². The molecule has 17 heavy (non-hydrogen) atoms. The molecule has 0 radical (unpaired) electrons. The highest BCUT2D eigenvalue weighted by Crippen LogP contribution is 2.20. The Balaban J connectivity index is 4.06. The Hall–Kier alpha value is -0.693. The lowest BCUT2D eigenvalue weighted by Gasteiger charge is -2.31. The van der Waals surface area contributed by atoms with Crippen LogP contribution in [0.3, 0.4) is 0 Å². The van der Waals surface area contributed by atoms with E-state index >= 15 is 0 Å². The molecule has 0 aliphatic heterocycles. The third kappa shape index (κ3) is 6.57. The molecule has 0 rings (SSSR count). The van der Waals surface area contributed by atoms with Crippen molar-refractivity contribution in [1.82, 2.24) is 0 Å². The van der Waals surface area contributed by atoms with Crippen LogP contribution in [-0.4, -0.2) is 42.2 Å². The van der Waals surface area contributed by atoms with E-state index in [-0.39, 0.29) is 0 Å². The van der Waals surface area contributed by atoms with Crippen molar-refractivity contribution >= 4 is 16.5 Å². The second kappa shape index (κ2) is 9.35. The van der Waals surface area contributed by atoms with Gasteiger partial charge in [0.05, 0.1) is 6.61 Å². The first-order chi connectivity index (χ1) is 8.14. The van der Waals surface area contributed by atoms with Gasteiger partial charge in [0.2, 0.25) is 0 Å². The van der Waals surface area contributed by atoms with Crippen molar-refractivity contribution in [1.29, 1.82) is 0 Å². The second-order valence-corrected chi connectivity index (χ2v) is 3.64. The molecule has 0 aliphatic carbocycles. The third-order valence-corrected chi connectivity index (χ3v) is 2.70. The summed E-state index contributed by atoms with van der Waals surface area (Å²) in [5.74, 6) is -1.40. The predicted octanol–water partition coefficient (Wildman–Crippen LogP) is 0.520. The maximum absolute atomic E-state index is 10.8. The number of rotatable bonds is 10. The van der Waals surface area contributed by atoms with Crippen LogP contribution in [0, 0.1) is 0 Å². The van der Waals surface area contributed by atoms with Gasteiger partial charge in [-0.1, -0.05) is 6.58 Å². The van der Waals surface area contributed by atoms with Crippen molar-refractivity contribution in [3.8, 4) is 0 Å². The number of carbonyl (C=O) groups excluding carboxylic acids is 1. The summed E-state index contributed by atoms with van der Waals surface area (Å²) in [6.07, 6.45) is 2.28. The zero-order chi connectivity index (χ0) is 13.1. The SMILES string of the molecule is C=CC(=O)OCCCC(O[SiH3])(OCC)OCC. The molecular formula is C11H22O5Si. The van der Waals surface area contributed by atoms with Crippen LogP contribution in [0.2, 0.25) is 0 Å². The minimum absolute atomic E-state index is 0.303. The molecule has 0 spiro atoms. The van der Waals surface area contributed by atoms with E-state index in [1.54, 1.807) is 0 Å². The number of hydrogen-bond acceptors (Lipinski definition) is 5. The Morgan fingerprint density at radius 2 is 1.94 bits per heavy atom. The normalized spacial score (nSPS) is 11.4. The topological polar surface area (TPSA) is 54.0 Å². The Morgan fingerprint density at radius 1 is 1.35 bits per heavy atom. The van der Waals surface area contributed by atoms with E-state index in [2.05, 4.69) is 6.58 Å². The molecule has 0 amide bonds. The Morgan fingerprint density at radius 3 is 2.35 bits per heavy atom. The first kappa shape index (κ1) is 16.3. The fourth-order valence-corrected chi connectivity index (χ4v) is 1.81. The van der Waals surface area contributed by atoms with Gasteiger partial charge < -0.3 is 18.6 Å². The zero-order valence-corrected chi connectivity index (χ0v) is 12.9. The molecular weight excluding hydrogens is 240 g/mol. The molecule has 0 aromatic rings. The van der Waals surface area contributed by atoms with Crippen molar-refractivity contribution in [2.24, 2.45) is 0 Å². The highest BCUT2D eigenvalue weighted by atomic mass is 28.2. The van der Waals surface area contributed by atoms with Crippen LogP contribution in [0.25, 0.3) is 0 Å². The van der Waals surface area contributed by atoms with Gasteiger partial charge in [-0.05, 0) is 20.3 Å². The molecule has 0 aromatic heterocycles. The largest absolute Gasteiger partial charge is 0.463 e. The average molecular weight is 262 g/mol. The fraction of sp³-hybridized carbons (Fsp3) is 0.727. The smallest absolute Gasteiger partial charge is 0.330 e. The van der Waals surface area contributed by atoms with E-state index in [0.717, 1.165) is 6.08 Å². The summed E-state index contributed by atoms with van der Waals surface area (Å²) in [5.41, 5.74) is 0. The molecule has 0 saturated heterocycles. The lowest BCUT2D eigenvalue weighted by atomic mass is 10.3. The second-order valence-electron chi connectivity index (χ2n) is 3.23. The van der Waals surface area contributed by atoms with Crippen molar-refractivity contribution < 1.29 is 23.4 Å². The highest BCUT2D eigenvalue weighted by Gasteiger charge is 2.30. The van der Waals surface area contributed by atoms with E-state index in [0.29, 0.717) is 43.1 Å². The maximum atomic E-state index is 10.8. The Labute approximate surface area is 106 Å². The van der Waals surface area contributed by atoms with E-state index in [1.807, 2.05) is 13.8 Å². The first-order valence-electron chi connectivity index (χ1n) is 5.76. The van der Waals surface area contributed by atoms with Gasteiger partial charge in [0.25, 0.3) is 5.97 Å². The minimum atomic E-state index is -0.976. The van der Waals surface area contributed by atoms with Gasteiger partial charge in [-0.3, -0.25) is 0 Å². The number of hydrogen-bond donors (Lipinski definition) is 0. The van der Waals surface area contributed by atoms with Gasteiger partial charge >= 0.3 is 5.97 Å². The maximum Gasteiger partial charge on any atom is 0.330 e. The monoisotopic (exact) mass is 262 g/mol. The fourth-order valence-electron chi connectivity index (χ4n) is 1.37. The van der Waals surface area contributed by atoms with Crippen LogP contribution in [0.5, 0.6) is 0 Å². The van der Waals surface area contributed by atoms with Crippen LogP contribution in [-0.2, 0) is 23.4 Å². The quantitative estimate of drug-likeness (QED) is 0.189. The molecule has 0 atom stereocenters. The molecule has 0 saturated carbocycles. The molecule has 0 N–H and O–H groups in total. The van der Waals surface area contributed by atoms with Gasteiger partial charge in [0, 0.05) is 25.7 Å². The van der Waals surface area contributed by atoms with E-state index in [4.69, 9.17) is 18.6 Å². The van der Waals surface area contributed by atoms with Gasteiger partial charge in [-0.2, -0.15) is 0 Å². The number of esters is 1. The summed E-state index contributed by atoms with van der Waals surface area (Å²) in [5, 5.41) is 0. The zero-order valence-electron chi connectivity index (χ0n) is 10.9. The summed E-state index contributed by atoms with van der Waals surface area (Å²) >= 11 is 0. The highest BCUT2D eigenvalue weighted by molar-refractivity contribution is 5.98. The summed E-state index contributed by atoms with van der Waals surface area (Å²) in [4.78, 5) is 10.8. The summed E-state index contributed by atoms with van der Waals surface area (Å²) < 4.78 is 21.2. The van der Waals surface area contributed by atoms with E-state index in [1.165, 1.54) is 0 Å². The van der Waals surface area contributed by atoms with Crippen LogP contribution < -0.4 is 0 Å². The molecule has 0 heterocycles. The molecule has 0 bridgehead atoms. The van der Waals surface area contributed by atoms with Gasteiger partial charge in [-0.15, -0.1) is 0 Å². The van der Waals surface area contributed by atoms with Crippen molar-refractivity contribution in [2.75, 3.05) is 19.8 Å². The molecule has 0 aromatic carbocycles. The van der Waals surface area contributed by atoms with Crippen molar-refractivity contribution in [3.05, 3.63) is 12.7 Å². The summed E-state index contributed by atoms with van der Waals surface area (Å²) in [6, 6.07) is 0. The van der Waals surface area contributed by atoms with Gasteiger partial charge in [0.15, 0.2) is 10.5 Å². The summed E-state index contributed by atoms with van der Waals surface area (Å²) in [6.45, 7) is 8.40. The third-order valence-electron chi connectivity index (χ3n) is 2.08. The van der Waals surface area contributed by atoms with Crippen molar-refractivity contribution in [3.63, 3.8) is 0 Å². The van der Waals surface area contributed by atoms with Crippen LogP contribution in [0.1, 0.15) is 26.7 Å². The average Bonchev–Trinajstić information content (AvgIpc) is 2.34. The lowest BCUT2D eigenvalue weighted by Crippen LogP contribution is -2.39. The van der Waals surface area contributed by atoms with Crippen LogP contribution >= 0.6 is 0 Å². The van der Waals surface area contributed by atoms with Crippen LogP contribution in [0.4, 0.5) is 0 Å². The van der Waals surface area contributed by atoms with Crippen LogP contribution in [0.15, 0.2) is 12.7 Å². The molecule has 0 aliphatic rings. The standard InChI is InChI=1S/C11H22O5Si/c1-4-10(12)13-9-7-8-11(16-17,14-5-2)15-6-3/h4H,1,5-9H2,2-3,17H3. The molecule has 6 heteroatoms. The lowest BCUT2D eigenvalue weighted by molar-refractivity contribution is -0.344. The Kier molecular flexibility index (Phi) is 8.97. The molecule has 100 valence electrons. The number of carbonyl (C=O) groups is 1. The first-order valence-corrected chi connectivity index (χ1v) is 6.58.